The van der Waals surface area contributed by atoms with Gasteiger partial charge in [-0.3, -0.25) is 0 Å². The monoisotopic (exact) mass is 650 g/mol. The highest BCUT2D eigenvalue weighted by Gasteiger charge is 2.21. The first-order valence-corrected chi connectivity index (χ1v) is 17.6. The van der Waals surface area contributed by atoms with E-state index in [4.69, 9.17) is 9.40 Å². The number of nitrogens with zero attached hydrogens (tertiary/aromatic N) is 2. The molecule has 0 bridgehead atoms. The van der Waals surface area contributed by atoms with Crippen LogP contribution in [0.1, 0.15) is 0 Å². The molecule has 7 aromatic carbocycles. The van der Waals surface area contributed by atoms with E-state index in [1.54, 1.807) is 11.3 Å². The lowest BCUT2D eigenvalue weighted by Crippen LogP contribution is -2.10. The Morgan fingerprint density at radius 3 is 2.02 bits per heavy atom. The molecule has 10 rings (SSSR count). The van der Waals surface area contributed by atoms with Gasteiger partial charge in [0.05, 0.1) is 15.9 Å². The Bertz CT molecular complexity index is 2780. The standard InChI is InChI=1S/C43H26N2OS2/c1-3-10-27(11-4-1)28-18-20-30(21-19-28)45(36-16-9-15-33-32-14-7-8-17-37(32)46-41(33)36)31-22-24-38-34(26-31)40-39(47-38)25-23-35-42(40)48-43(44-35)29-12-5-2-6-13-29/h1-26H. The van der Waals surface area contributed by atoms with Crippen molar-refractivity contribution in [1.29, 1.82) is 0 Å². The number of hydrogen-bond donors (Lipinski definition) is 0. The first-order valence-electron chi connectivity index (χ1n) is 16.0. The van der Waals surface area contributed by atoms with E-state index >= 15 is 0 Å². The van der Waals surface area contributed by atoms with Crippen molar-refractivity contribution in [2.24, 2.45) is 0 Å². The maximum absolute atomic E-state index is 6.60. The van der Waals surface area contributed by atoms with Gasteiger partial charge in [-0.2, -0.15) is 0 Å². The molecule has 3 aromatic heterocycles. The van der Waals surface area contributed by atoms with Crippen molar-refractivity contribution in [3.63, 3.8) is 0 Å². The summed E-state index contributed by atoms with van der Waals surface area (Å²) in [6.07, 6.45) is 0. The molecule has 0 aliphatic heterocycles. The van der Waals surface area contributed by atoms with Gasteiger partial charge in [0.1, 0.15) is 10.6 Å². The van der Waals surface area contributed by atoms with E-state index in [9.17, 15) is 0 Å². The van der Waals surface area contributed by atoms with Crippen molar-refractivity contribution in [2.45, 2.75) is 0 Å². The fraction of sp³-hybridized carbons (Fsp3) is 0. The predicted octanol–water partition coefficient (Wildman–Crippen LogP) is 13.4. The van der Waals surface area contributed by atoms with Crippen LogP contribution in [0.25, 0.3) is 74.0 Å². The number of para-hydroxylation sites is 2. The number of rotatable bonds is 5. The Hall–Kier alpha value is -5.75. The van der Waals surface area contributed by atoms with Crippen LogP contribution in [0, 0.1) is 0 Å². The van der Waals surface area contributed by atoms with Gasteiger partial charge in [-0.1, -0.05) is 103 Å². The Balaban J connectivity index is 1.20. The lowest BCUT2D eigenvalue weighted by atomic mass is 10.0. The molecular weight excluding hydrogens is 625 g/mol. The third-order valence-corrected chi connectivity index (χ3v) is 11.4. The van der Waals surface area contributed by atoms with E-state index in [-0.39, 0.29) is 0 Å². The number of anilines is 3. The molecule has 10 aromatic rings. The number of fused-ring (bicyclic) bond motifs is 8. The van der Waals surface area contributed by atoms with E-state index in [2.05, 4.69) is 150 Å². The van der Waals surface area contributed by atoms with Gasteiger partial charge < -0.3 is 9.32 Å². The average Bonchev–Trinajstić information content (AvgIpc) is 3.86. The van der Waals surface area contributed by atoms with Gasteiger partial charge in [0, 0.05) is 47.9 Å². The highest BCUT2D eigenvalue weighted by molar-refractivity contribution is 7.28. The van der Waals surface area contributed by atoms with Crippen LogP contribution in [-0.4, -0.2) is 4.98 Å². The van der Waals surface area contributed by atoms with Crippen LogP contribution in [0.15, 0.2) is 162 Å². The molecule has 0 unspecified atom stereocenters. The second kappa shape index (κ2) is 10.9. The summed E-state index contributed by atoms with van der Waals surface area (Å²) in [5.74, 6) is 0. The molecule has 3 nitrogen and oxygen atoms in total. The summed E-state index contributed by atoms with van der Waals surface area (Å²) in [7, 11) is 0. The zero-order valence-electron chi connectivity index (χ0n) is 25.6. The molecule has 0 saturated heterocycles. The molecule has 0 fully saturated rings. The Kier molecular flexibility index (Phi) is 6.22. The van der Waals surface area contributed by atoms with Gasteiger partial charge in [-0.15, -0.1) is 22.7 Å². The van der Waals surface area contributed by atoms with Gasteiger partial charge >= 0.3 is 0 Å². The summed E-state index contributed by atoms with van der Waals surface area (Å²) >= 11 is 3.62. The maximum atomic E-state index is 6.60. The van der Waals surface area contributed by atoms with Crippen molar-refractivity contribution in [2.75, 3.05) is 4.90 Å². The molecular formula is C43H26N2OS2. The van der Waals surface area contributed by atoms with Crippen LogP contribution in [0.2, 0.25) is 0 Å². The van der Waals surface area contributed by atoms with E-state index in [0.717, 1.165) is 55.1 Å². The first-order chi connectivity index (χ1) is 23.8. The molecule has 3 heterocycles. The van der Waals surface area contributed by atoms with Crippen LogP contribution >= 0.6 is 22.7 Å². The van der Waals surface area contributed by atoms with Crippen LogP contribution in [0.5, 0.6) is 0 Å². The SMILES string of the molecule is c1ccc(-c2ccc(N(c3ccc4sc5ccc6nc(-c7ccccc7)sc6c5c4c3)c3cccc4c3oc3ccccc34)cc2)cc1. The first kappa shape index (κ1) is 27.4. The van der Waals surface area contributed by atoms with Gasteiger partial charge in [-0.05, 0) is 65.7 Å². The van der Waals surface area contributed by atoms with Crippen LogP contribution in [-0.2, 0) is 0 Å². The van der Waals surface area contributed by atoms with Crippen LogP contribution in [0.3, 0.4) is 0 Å². The zero-order chi connectivity index (χ0) is 31.6. The van der Waals surface area contributed by atoms with Crippen molar-refractivity contribution in [1.82, 2.24) is 4.98 Å². The zero-order valence-corrected chi connectivity index (χ0v) is 27.3. The molecule has 0 aliphatic rings. The van der Waals surface area contributed by atoms with E-state index in [1.807, 2.05) is 23.5 Å². The summed E-state index contributed by atoms with van der Waals surface area (Å²) in [5, 5.41) is 5.79. The van der Waals surface area contributed by atoms with Gasteiger partial charge in [-0.25, -0.2) is 4.98 Å². The fourth-order valence-corrected chi connectivity index (χ4v) is 9.14. The Labute approximate surface area is 284 Å². The van der Waals surface area contributed by atoms with Crippen molar-refractivity contribution < 1.29 is 4.42 Å². The van der Waals surface area contributed by atoms with E-state index in [0.29, 0.717) is 0 Å². The molecule has 226 valence electrons. The maximum Gasteiger partial charge on any atom is 0.159 e. The van der Waals surface area contributed by atoms with Gasteiger partial charge in [0.25, 0.3) is 0 Å². The Morgan fingerprint density at radius 1 is 0.500 bits per heavy atom. The highest BCUT2D eigenvalue weighted by Crippen LogP contribution is 2.47. The van der Waals surface area contributed by atoms with Crippen LogP contribution < -0.4 is 4.90 Å². The Morgan fingerprint density at radius 2 is 1.19 bits per heavy atom. The number of aromatic nitrogens is 1. The molecule has 0 saturated carbocycles. The second-order valence-corrected chi connectivity index (χ2v) is 14.0. The third-order valence-electron chi connectivity index (χ3n) is 9.11. The van der Waals surface area contributed by atoms with E-state index < -0.39 is 0 Å². The summed E-state index contributed by atoms with van der Waals surface area (Å²) in [5.41, 5.74) is 9.48. The van der Waals surface area contributed by atoms with Crippen LogP contribution in [0.4, 0.5) is 17.1 Å². The minimum Gasteiger partial charge on any atom is -0.454 e. The van der Waals surface area contributed by atoms with Gasteiger partial charge in [0.2, 0.25) is 0 Å². The number of hydrogen-bond acceptors (Lipinski definition) is 5. The minimum atomic E-state index is 0.874. The molecule has 0 aliphatic carbocycles. The number of benzene rings is 7. The van der Waals surface area contributed by atoms with E-state index in [1.165, 1.54) is 36.0 Å². The molecule has 5 heteroatoms. The van der Waals surface area contributed by atoms with Crippen molar-refractivity contribution in [3.05, 3.63) is 158 Å². The molecule has 0 atom stereocenters. The smallest absolute Gasteiger partial charge is 0.159 e. The number of thiazole rings is 1. The quantitative estimate of drug-likeness (QED) is 0.186. The summed E-state index contributed by atoms with van der Waals surface area (Å²) in [4.78, 5) is 7.40. The van der Waals surface area contributed by atoms with Crippen molar-refractivity contribution >= 4 is 92.1 Å². The van der Waals surface area contributed by atoms with Gasteiger partial charge in [0.15, 0.2) is 5.58 Å². The third kappa shape index (κ3) is 4.36. The summed E-state index contributed by atoms with van der Waals surface area (Å²) in [6, 6.07) is 55.9. The second-order valence-electron chi connectivity index (χ2n) is 12.0. The normalized spacial score (nSPS) is 11.8. The molecule has 0 radical (unpaired) electrons. The lowest BCUT2D eigenvalue weighted by Gasteiger charge is -2.26. The average molecular weight is 651 g/mol. The summed E-state index contributed by atoms with van der Waals surface area (Å²) < 4.78 is 10.4. The number of thiophene rings is 1. The fourth-order valence-electron chi connectivity index (χ4n) is 6.85. The molecule has 0 N–H and O–H groups in total. The van der Waals surface area contributed by atoms with Crippen molar-refractivity contribution in [3.8, 4) is 21.7 Å². The minimum absolute atomic E-state index is 0.874. The molecule has 48 heavy (non-hydrogen) atoms. The largest absolute Gasteiger partial charge is 0.454 e. The predicted molar refractivity (Wildman–Crippen MR) is 205 cm³/mol. The highest BCUT2D eigenvalue weighted by atomic mass is 32.1. The summed E-state index contributed by atoms with van der Waals surface area (Å²) in [6.45, 7) is 0. The molecule has 0 amide bonds. The lowest BCUT2D eigenvalue weighted by molar-refractivity contribution is 0.669. The topological polar surface area (TPSA) is 29.3 Å². The number of furan rings is 1. The molecule has 0 spiro atoms.